The number of benzene rings is 1. The zero-order valence-corrected chi connectivity index (χ0v) is 14.6. The van der Waals surface area contributed by atoms with E-state index in [4.69, 9.17) is 5.73 Å². The fourth-order valence-corrected chi connectivity index (χ4v) is 2.83. The maximum Gasteiger partial charge on any atom is 0.244 e. The Morgan fingerprint density at radius 2 is 1.88 bits per heavy atom. The van der Waals surface area contributed by atoms with Gasteiger partial charge in [0.1, 0.15) is 5.82 Å². The number of guanidine groups is 1. The van der Waals surface area contributed by atoms with Gasteiger partial charge in [0, 0.05) is 18.0 Å². The van der Waals surface area contributed by atoms with Crippen LogP contribution in [0.4, 0.5) is 5.69 Å². The van der Waals surface area contributed by atoms with Gasteiger partial charge in [0.25, 0.3) is 0 Å². The second-order valence-corrected chi connectivity index (χ2v) is 6.26. The minimum atomic E-state index is -0.707. The third-order valence-corrected chi connectivity index (χ3v) is 4.23. The van der Waals surface area contributed by atoms with Gasteiger partial charge in [-0.1, -0.05) is 17.2 Å². The number of carbonyl (C=O) groups is 1. The molecular formula is C17H19N7O. The van der Waals surface area contributed by atoms with Crippen molar-refractivity contribution in [3.63, 3.8) is 0 Å². The molecule has 0 aliphatic carbocycles. The number of aromatic nitrogens is 2. The van der Waals surface area contributed by atoms with E-state index in [1.54, 1.807) is 12.4 Å². The maximum atomic E-state index is 12.8. The first-order chi connectivity index (χ1) is 11.9. The van der Waals surface area contributed by atoms with Crippen LogP contribution in [0.2, 0.25) is 0 Å². The van der Waals surface area contributed by atoms with E-state index in [9.17, 15) is 4.79 Å². The molecule has 0 saturated carbocycles. The molecule has 0 unspecified atom stereocenters. The lowest BCUT2D eigenvalue weighted by molar-refractivity contribution is -0.121. The Hall–Kier alpha value is -3.16. The standard InChI is InChI=1S/C17H19N7O/c1-10-20-8-12(9-21-10)11-5-6-13-14(7-11)24(15(25)17(13,2)3)16(18)22-23-19-4/h5-9H,1-4H3,(H2,18,19,22). The van der Waals surface area contributed by atoms with Crippen molar-refractivity contribution >= 4 is 17.6 Å². The SMILES string of the molecule is CN=N/N=C(\N)N1C(=O)C(C)(C)c2ccc(-c3cnc(C)nc3)cc21. The number of nitrogens with zero attached hydrogens (tertiary/aromatic N) is 6. The summed E-state index contributed by atoms with van der Waals surface area (Å²) in [6, 6.07) is 5.77. The summed E-state index contributed by atoms with van der Waals surface area (Å²) >= 11 is 0. The summed E-state index contributed by atoms with van der Waals surface area (Å²) in [5.41, 5.74) is 8.57. The highest BCUT2D eigenvalue weighted by Gasteiger charge is 2.45. The van der Waals surface area contributed by atoms with Crippen molar-refractivity contribution < 1.29 is 4.79 Å². The fourth-order valence-electron chi connectivity index (χ4n) is 2.83. The van der Waals surface area contributed by atoms with Crippen molar-refractivity contribution in [1.82, 2.24) is 9.97 Å². The molecule has 0 spiro atoms. The predicted molar refractivity (Wildman–Crippen MR) is 95.1 cm³/mol. The number of hydrogen-bond acceptors (Lipinski definition) is 5. The van der Waals surface area contributed by atoms with Gasteiger partial charge in [-0.3, -0.25) is 4.79 Å². The summed E-state index contributed by atoms with van der Waals surface area (Å²) in [6.07, 6.45) is 3.50. The summed E-state index contributed by atoms with van der Waals surface area (Å²) in [6.45, 7) is 5.55. The number of hydrogen-bond donors (Lipinski definition) is 1. The van der Waals surface area contributed by atoms with E-state index in [1.165, 1.54) is 11.9 Å². The van der Waals surface area contributed by atoms with Gasteiger partial charge in [0.2, 0.25) is 11.9 Å². The molecule has 8 heteroatoms. The van der Waals surface area contributed by atoms with Crippen LogP contribution in [0, 0.1) is 6.92 Å². The van der Waals surface area contributed by atoms with Crippen molar-refractivity contribution in [2.45, 2.75) is 26.2 Å². The van der Waals surface area contributed by atoms with Gasteiger partial charge in [-0.05, 0) is 43.2 Å². The van der Waals surface area contributed by atoms with Crippen molar-refractivity contribution in [1.29, 1.82) is 0 Å². The molecule has 128 valence electrons. The predicted octanol–water partition coefficient (Wildman–Crippen LogP) is 2.39. The average Bonchev–Trinajstić information content (AvgIpc) is 2.79. The Morgan fingerprint density at radius 1 is 1.20 bits per heavy atom. The molecule has 3 rings (SSSR count). The Kier molecular flexibility index (Phi) is 4.03. The third-order valence-electron chi connectivity index (χ3n) is 4.23. The van der Waals surface area contributed by atoms with Gasteiger partial charge in [-0.2, -0.15) is 5.11 Å². The zero-order chi connectivity index (χ0) is 18.2. The van der Waals surface area contributed by atoms with Crippen molar-refractivity contribution in [2.24, 2.45) is 21.2 Å². The number of amides is 1. The minimum Gasteiger partial charge on any atom is -0.367 e. The van der Waals surface area contributed by atoms with Crippen LogP contribution in [0.25, 0.3) is 11.1 Å². The molecule has 25 heavy (non-hydrogen) atoms. The second kappa shape index (κ2) is 6.04. The van der Waals surface area contributed by atoms with Crippen LogP contribution in [0.1, 0.15) is 25.2 Å². The number of rotatable bonds is 2. The largest absolute Gasteiger partial charge is 0.367 e. The van der Waals surface area contributed by atoms with E-state index < -0.39 is 5.41 Å². The third kappa shape index (κ3) is 2.75. The van der Waals surface area contributed by atoms with E-state index in [-0.39, 0.29) is 11.9 Å². The van der Waals surface area contributed by atoms with Gasteiger partial charge in [-0.15, -0.1) is 0 Å². The van der Waals surface area contributed by atoms with Gasteiger partial charge < -0.3 is 5.73 Å². The quantitative estimate of drug-likeness (QED) is 0.392. The number of fused-ring (bicyclic) bond motifs is 1. The fraction of sp³-hybridized carbons (Fsp3) is 0.294. The van der Waals surface area contributed by atoms with Crippen molar-refractivity contribution in [3.05, 3.63) is 42.0 Å². The highest BCUT2D eigenvalue weighted by molar-refractivity contribution is 6.23. The molecule has 1 aliphatic rings. The van der Waals surface area contributed by atoms with Gasteiger partial charge >= 0.3 is 0 Å². The molecule has 1 aromatic carbocycles. The molecule has 1 aliphatic heterocycles. The molecular weight excluding hydrogens is 318 g/mol. The minimum absolute atomic E-state index is 0.0141. The van der Waals surface area contributed by atoms with E-state index in [2.05, 4.69) is 25.4 Å². The molecule has 2 aromatic rings. The first-order valence-electron chi connectivity index (χ1n) is 7.76. The topological polar surface area (TPSA) is 109 Å². The summed E-state index contributed by atoms with van der Waals surface area (Å²) in [7, 11) is 1.48. The van der Waals surface area contributed by atoms with E-state index >= 15 is 0 Å². The van der Waals surface area contributed by atoms with Crippen LogP contribution in [0.15, 0.2) is 46.0 Å². The zero-order valence-electron chi connectivity index (χ0n) is 14.6. The highest BCUT2D eigenvalue weighted by atomic mass is 16.2. The maximum absolute atomic E-state index is 12.8. The Balaban J connectivity index is 2.14. The first-order valence-corrected chi connectivity index (χ1v) is 7.76. The Bertz CT molecular complexity index is 884. The van der Waals surface area contributed by atoms with Crippen molar-refractivity contribution in [3.8, 4) is 11.1 Å². The van der Waals surface area contributed by atoms with E-state index in [0.717, 1.165) is 16.7 Å². The van der Waals surface area contributed by atoms with E-state index in [0.29, 0.717) is 11.5 Å². The van der Waals surface area contributed by atoms with Crippen LogP contribution in [-0.4, -0.2) is 28.9 Å². The van der Waals surface area contributed by atoms with Crippen LogP contribution < -0.4 is 10.6 Å². The summed E-state index contributed by atoms with van der Waals surface area (Å²) in [5, 5.41) is 10.9. The molecule has 2 heterocycles. The Labute approximate surface area is 145 Å². The number of nitrogens with two attached hydrogens (primary N) is 1. The van der Waals surface area contributed by atoms with Gasteiger partial charge in [0.05, 0.1) is 18.2 Å². The number of carbonyl (C=O) groups excluding carboxylic acids is 1. The lowest BCUT2D eigenvalue weighted by Gasteiger charge is -2.18. The molecule has 0 bridgehead atoms. The van der Waals surface area contributed by atoms with Gasteiger partial charge in [-0.25, -0.2) is 14.9 Å². The molecule has 0 fully saturated rings. The first kappa shape index (κ1) is 16.7. The number of anilines is 1. The average molecular weight is 337 g/mol. The van der Waals surface area contributed by atoms with Crippen LogP contribution in [0.3, 0.4) is 0 Å². The van der Waals surface area contributed by atoms with Crippen LogP contribution in [-0.2, 0) is 10.2 Å². The second-order valence-electron chi connectivity index (χ2n) is 6.26. The lowest BCUT2D eigenvalue weighted by atomic mass is 9.85. The lowest BCUT2D eigenvalue weighted by Crippen LogP contribution is -2.44. The molecule has 0 radical (unpaired) electrons. The highest BCUT2D eigenvalue weighted by Crippen LogP contribution is 2.43. The Morgan fingerprint density at radius 3 is 2.52 bits per heavy atom. The number of aryl methyl sites for hydroxylation is 1. The van der Waals surface area contributed by atoms with Crippen LogP contribution in [0.5, 0.6) is 0 Å². The summed E-state index contributed by atoms with van der Waals surface area (Å²) in [4.78, 5) is 22.7. The normalized spacial score (nSPS) is 16.6. The molecule has 0 atom stereocenters. The van der Waals surface area contributed by atoms with Crippen molar-refractivity contribution in [2.75, 3.05) is 11.9 Å². The molecule has 8 nitrogen and oxygen atoms in total. The van der Waals surface area contributed by atoms with E-state index in [1.807, 2.05) is 39.0 Å². The molecule has 2 N–H and O–H groups in total. The van der Waals surface area contributed by atoms with Crippen LogP contribution >= 0.6 is 0 Å². The smallest absolute Gasteiger partial charge is 0.244 e. The molecule has 0 saturated heterocycles. The monoisotopic (exact) mass is 337 g/mol. The molecule has 1 amide bonds. The summed E-state index contributed by atoms with van der Waals surface area (Å²) in [5.74, 6) is 0.524. The van der Waals surface area contributed by atoms with Gasteiger partial charge in [0.15, 0.2) is 0 Å². The summed E-state index contributed by atoms with van der Waals surface area (Å²) < 4.78 is 0. The molecule has 1 aromatic heterocycles.